The van der Waals surface area contributed by atoms with E-state index in [2.05, 4.69) is 12.2 Å². The second-order valence-electron chi connectivity index (χ2n) is 8.38. The third-order valence-corrected chi connectivity index (χ3v) is 5.60. The third-order valence-electron chi connectivity index (χ3n) is 5.60. The molecule has 0 spiro atoms. The molecule has 0 unspecified atom stereocenters. The topological polar surface area (TPSA) is 46.2 Å². The van der Waals surface area contributed by atoms with Crippen molar-refractivity contribution in [2.75, 3.05) is 6.54 Å². The average molecular weight is 420 g/mol. The van der Waals surface area contributed by atoms with Crippen molar-refractivity contribution in [3.63, 3.8) is 0 Å². The number of hydrogen-bond acceptors (Lipinski definition) is 2. The average Bonchev–Trinajstić information content (AvgIpc) is 2.75. The van der Waals surface area contributed by atoms with Crippen LogP contribution >= 0.6 is 0 Å². The molecule has 30 heavy (non-hydrogen) atoms. The van der Waals surface area contributed by atoms with Crippen molar-refractivity contribution in [2.24, 2.45) is 0 Å². The second kappa shape index (κ2) is 18.1. The molecular weight excluding hydrogens is 377 g/mol. The Balaban J connectivity index is 1.86. The minimum atomic E-state index is -0.363. The van der Waals surface area contributed by atoms with E-state index < -0.39 is 0 Å². The molecule has 0 radical (unpaired) electrons. The van der Waals surface area contributed by atoms with Crippen molar-refractivity contribution in [1.82, 2.24) is 5.32 Å². The highest BCUT2D eigenvalue weighted by atomic mass is 19.1. The van der Waals surface area contributed by atoms with Gasteiger partial charge in [0.1, 0.15) is 5.82 Å². The molecule has 0 saturated carbocycles. The third kappa shape index (κ3) is 14.3. The van der Waals surface area contributed by atoms with Crippen LogP contribution < -0.4 is 5.32 Å². The summed E-state index contributed by atoms with van der Waals surface area (Å²) in [6.45, 7) is 2.95. The fourth-order valence-electron chi connectivity index (χ4n) is 3.64. The van der Waals surface area contributed by atoms with Gasteiger partial charge in [0.15, 0.2) is 5.78 Å². The van der Waals surface area contributed by atoms with Gasteiger partial charge in [-0.15, -0.1) is 0 Å². The van der Waals surface area contributed by atoms with Crippen LogP contribution in [0.15, 0.2) is 24.3 Å². The molecule has 3 nitrogen and oxygen atoms in total. The molecule has 0 atom stereocenters. The fraction of sp³-hybridized carbons (Fsp3) is 0.692. The van der Waals surface area contributed by atoms with Crippen molar-refractivity contribution in [1.29, 1.82) is 0 Å². The second-order valence-corrected chi connectivity index (χ2v) is 8.38. The Labute approximate surface area is 183 Å². The lowest BCUT2D eigenvalue weighted by molar-refractivity contribution is -0.121. The van der Waals surface area contributed by atoms with Gasteiger partial charge in [-0.3, -0.25) is 9.59 Å². The lowest BCUT2D eigenvalue weighted by Crippen LogP contribution is -2.24. The van der Waals surface area contributed by atoms with E-state index in [0.29, 0.717) is 12.1 Å². The Morgan fingerprint density at radius 3 is 1.67 bits per heavy atom. The first-order valence-electron chi connectivity index (χ1n) is 12.2. The van der Waals surface area contributed by atoms with Crippen LogP contribution in [0.5, 0.6) is 0 Å². The highest BCUT2D eigenvalue weighted by Crippen LogP contribution is 2.13. The Bertz CT molecular complexity index is 571. The normalized spacial score (nSPS) is 10.9. The van der Waals surface area contributed by atoms with E-state index in [9.17, 15) is 14.0 Å². The van der Waals surface area contributed by atoms with E-state index in [0.717, 1.165) is 12.8 Å². The van der Waals surface area contributed by atoms with Gasteiger partial charge in [0.2, 0.25) is 5.91 Å². The first-order chi connectivity index (χ1) is 14.6. The van der Waals surface area contributed by atoms with E-state index in [1.54, 1.807) is 0 Å². The van der Waals surface area contributed by atoms with Gasteiger partial charge in [0.05, 0.1) is 0 Å². The van der Waals surface area contributed by atoms with E-state index in [-0.39, 0.29) is 30.3 Å². The Morgan fingerprint density at radius 1 is 0.700 bits per heavy atom. The summed E-state index contributed by atoms with van der Waals surface area (Å²) in [5.74, 6) is -0.570. The van der Waals surface area contributed by atoms with Crippen LogP contribution in [0.3, 0.4) is 0 Å². The number of hydrogen-bond donors (Lipinski definition) is 1. The number of carbonyl (C=O) groups excluding carboxylic acids is 2. The largest absolute Gasteiger partial charge is 0.356 e. The number of halogens is 1. The lowest BCUT2D eigenvalue weighted by Gasteiger charge is -2.06. The molecule has 170 valence electrons. The molecule has 1 rings (SSSR count). The molecule has 0 aliphatic heterocycles. The van der Waals surface area contributed by atoms with Crippen LogP contribution in [0, 0.1) is 5.82 Å². The zero-order chi connectivity index (χ0) is 21.9. The molecule has 0 aliphatic carbocycles. The zero-order valence-corrected chi connectivity index (χ0v) is 19.0. The molecule has 1 aromatic carbocycles. The number of carbonyl (C=O) groups is 2. The first-order valence-corrected chi connectivity index (χ1v) is 12.2. The SMILES string of the molecule is CCCCCCCCCCCCCCCCNC(=O)CCC(=O)c1ccc(F)cc1. The zero-order valence-electron chi connectivity index (χ0n) is 19.0. The summed E-state index contributed by atoms with van der Waals surface area (Å²) in [5, 5.41) is 2.89. The van der Waals surface area contributed by atoms with Gasteiger partial charge in [0, 0.05) is 24.9 Å². The number of ketones is 1. The monoisotopic (exact) mass is 419 g/mol. The van der Waals surface area contributed by atoms with Gasteiger partial charge in [-0.2, -0.15) is 0 Å². The van der Waals surface area contributed by atoms with Crippen LogP contribution in [-0.4, -0.2) is 18.2 Å². The van der Waals surface area contributed by atoms with Crippen LogP contribution in [-0.2, 0) is 4.79 Å². The molecule has 4 heteroatoms. The van der Waals surface area contributed by atoms with Crippen molar-refractivity contribution in [3.8, 4) is 0 Å². The van der Waals surface area contributed by atoms with Gasteiger partial charge in [-0.25, -0.2) is 4.39 Å². The summed E-state index contributed by atoms with van der Waals surface area (Å²) in [4.78, 5) is 23.8. The first kappa shape index (κ1) is 26.3. The smallest absolute Gasteiger partial charge is 0.220 e. The number of nitrogens with one attached hydrogen (secondary N) is 1. The minimum absolute atomic E-state index is 0.0832. The minimum Gasteiger partial charge on any atom is -0.356 e. The van der Waals surface area contributed by atoms with Gasteiger partial charge in [0.25, 0.3) is 0 Å². The molecular formula is C26H42FNO2. The highest BCUT2D eigenvalue weighted by molar-refractivity contribution is 5.97. The van der Waals surface area contributed by atoms with Crippen LogP contribution in [0.2, 0.25) is 0 Å². The van der Waals surface area contributed by atoms with Gasteiger partial charge in [-0.1, -0.05) is 90.4 Å². The number of unbranched alkanes of at least 4 members (excludes halogenated alkanes) is 13. The van der Waals surface area contributed by atoms with Crippen molar-refractivity contribution >= 4 is 11.7 Å². The Morgan fingerprint density at radius 2 is 1.17 bits per heavy atom. The number of rotatable bonds is 19. The predicted octanol–water partition coefficient (Wildman–Crippen LogP) is 7.39. The molecule has 0 fully saturated rings. The summed E-state index contributed by atoms with van der Waals surface area (Å²) in [6, 6.07) is 5.46. The van der Waals surface area contributed by atoms with Crippen molar-refractivity contribution < 1.29 is 14.0 Å². The van der Waals surface area contributed by atoms with Gasteiger partial charge >= 0.3 is 0 Å². The standard InChI is InChI=1S/C26H42FNO2/c1-2-3-4-5-6-7-8-9-10-11-12-13-14-15-22-28-26(30)21-20-25(29)23-16-18-24(27)19-17-23/h16-19H,2-15,20-22H2,1H3,(H,28,30). The maximum absolute atomic E-state index is 12.9. The Kier molecular flexibility index (Phi) is 15.9. The van der Waals surface area contributed by atoms with Crippen LogP contribution in [0.4, 0.5) is 4.39 Å². The number of amides is 1. The summed E-state index contributed by atoms with van der Waals surface area (Å²) >= 11 is 0. The number of benzene rings is 1. The molecule has 0 bridgehead atoms. The molecule has 0 heterocycles. The summed E-state index contributed by atoms with van der Waals surface area (Å²) < 4.78 is 12.9. The van der Waals surface area contributed by atoms with E-state index >= 15 is 0 Å². The van der Waals surface area contributed by atoms with Crippen LogP contribution in [0.1, 0.15) is 120 Å². The predicted molar refractivity (Wildman–Crippen MR) is 123 cm³/mol. The van der Waals surface area contributed by atoms with Crippen LogP contribution in [0.25, 0.3) is 0 Å². The summed E-state index contributed by atoms with van der Waals surface area (Å²) in [5.41, 5.74) is 0.455. The van der Waals surface area contributed by atoms with E-state index in [1.165, 1.54) is 101 Å². The molecule has 0 saturated heterocycles. The lowest BCUT2D eigenvalue weighted by atomic mass is 10.0. The summed E-state index contributed by atoms with van der Waals surface area (Å²) in [6.07, 6.45) is 18.8. The highest BCUT2D eigenvalue weighted by Gasteiger charge is 2.09. The van der Waals surface area contributed by atoms with Crippen molar-refractivity contribution in [3.05, 3.63) is 35.6 Å². The molecule has 1 N–H and O–H groups in total. The van der Waals surface area contributed by atoms with Crippen molar-refractivity contribution in [2.45, 2.75) is 110 Å². The maximum Gasteiger partial charge on any atom is 0.220 e. The molecule has 0 aromatic heterocycles. The van der Waals surface area contributed by atoms with E-state index in [4.69, 9.17) is 0 Å². The molecule has 1 amide bonds. The molecule has 0 aliphatic rings. The Hall–Kier alpha value is -1.71. The quantitative estimate of drug-likeness (QED) is 0.188. The fourth-order valence-corrected chi connectivity index (χ4v) is 3.64. The molecule has 1 aromatic rings. The maximum atomic E-state index is 12.9. The summed E-state index contributed by atoms with van der Waals surface area (Å²) in [7, 11) is 0. The van der Waals surface area contributed by atoms with Gasteiger partial charge in [-0.05, 0) is 30.7 Å². The van der Waals surface area contributed by atoms with Gasteiger partial charge < -0.3 is 5.32 Å². The number of Topliss-reactive ketones (excluding diaryl/α,β-unsaturated/α-hetero) is 1. The van der Waals surface area contributed by atoms with E-state index in [1.807, 2.05) is 0 Å².